The second-order valence-corrected chi connectivity index (χ2v) is 8.07. The molecule has 1 aromatic rings. The third-order valence-electron chi connectivity index (χ3n) is 3.12. The van der Waals surface area contributed by atoms with E-state index in [2.05, 4.69) is 4.74 Å². The van der Waals surface area contributed by atoms with Crippen molar-refractivity contribution < 1.29 is 31.3 Å². The second-order valence-electron chi connectivity index (χ2n) is 6.10. The molecule has 0 radical (unpaired) electrons. The molecule has 0 amide bonds. The van der Waals surface area contributed by atoms with Crippen molar-refractivity contribution in [2.24, 2.45) is 0 Å². The molecule has 0 aliphatic rings. The molecule has 0 bridgehead atoms. The molecule has 0 unspecified atom stereocenters. The lowest BCUT2D eigenvalue weighted by atomic mass is 9.97. The molecular formula is C16H19F4NO3S. The molecule has 0 spiro atoms. The van der Waals surface area contributed by atoms with Gasteiger partial charge < -0.3 is 4.74 Å². The molecule has 1 N–H and O–H groups in total. The van der Waals surface area contributed by atoms with E-state index >= 15 is 4.39 Å². The molecule has 25 heavy (non-hydrogen) atoms. The average Bonchev–Trinajstić information content (AvgIpc) is 2.51. The number of ether oxygens (including phenoxy) is 1. The largest absolute Gasteiger partial charge is 0.466 e. The van der Waals surface area contributed by atoms with Gasteiger partial charge in [0.25, 0.3) is 5.79 Å². The molecule has 0 aliphatic heterocycles. The van der Waals surface area contributed by atoms with E-state index in [0.717, 1.165) is 25.3 Å². The Morgan fingerprint density at radius 3 is 2.24 bits per heavy atom. The van der Waals surface area contributed by atoms with Crippen LogP contribution in [0.3, 0.4) is 0 Å². The molecule has 0 fully saturated rings. The maximum absolute atomic E-state index is 15.4. The minimum Gasteiger partial charge on any atom is -0.466 e. The maximum atomic E-state index is 15.4. The van der Waals surface area contributed by atoms with Gasteiger partial charge in [0.2, 0.25) is 0 Å². The van der Waals surface area contributed by atoms with Gasteiger partial charge in [0.05, 0.1) is 11.9 Å². The molecule has 1 rings (SSSR count). The van der Waals surface area contributed by atoms with Crippen LogP contribution in [0.4, 0.5) is 17.6 Å². The summed E-state index contributed by atoms with van der Waals surface area (Å²) in [5, 5.41) is 0. The van der Waals surface area contributed by atoms with Gasteiger partial charge in [0, 0.05) is 11.6 Å². The summed E-state index contributed by atoms with van der Waals surface area (Å²) < 4.78 is 75.5. The van der Waals surface area contributed by atoms with Crippen LogP contribution in [0.1, 0.15) is 26.3 Å². The molecule has 140 valence electrons. The van der Waals surface area contributed by atoms with Crippen LogP contribution in [0, 0.1) is 5.82 Å². The number of carbonyl (C=O) groups excluding carboxylic acids is 1. The SMILES string of the molecule is COC(=O)/C=C/C(F)(F)[C@](F)(N[S@](=O)C(C)(C)C)c1ccccc1F. The van der Waals surface area contributed by atoms with Crippen LogP contribution in [-0.2, 0) is 26.3 Å². The van der Waals surface area contributed by atoms with Gasteiger partial charge in [0.15, 0.2) is 0 Å². The van der Waals surface area contributed by atoms with Crippen molar-refractivity contribution in [3.63, 3.8) is 0 Å². The molecule has 4 nitrogen and oxygen atoms in total. The van der Waals surface area contributed by atoms with Crippen molar-refractivity contribution in [3.8, 4) is 0 Å². The lowest BCUT2D eigenvalue weighted by Gasteiger charge is -2.34. The maximum Gasteiger partial charge on any atom is 0.330 e. The summed E-state index contributed by atoms with van der Waals surface area (Å²) in [7, 11) is -1.34. The van der Waals surface area contributed by atoms with Crippen LogP contribution < -0.4 is 4.72 Å². The van der Waals surface area contributed by atoms with Crippen LogP contribution in [0.15, 0.2) is 36.4 Å². The highest BCUT2D eigenvalue weighted by Gasteiger charge is 2.57. The van der Waals surface area contributed by atoms with E-state index in [-0.39, 0.29) is 6.08 Å². The van der Waals surface area contributed by atoms with Gasteiger partial charge in [-0.1, -0.05) is 18.2 Å². The number of nitrogens with one attached hydrogen (secondary N) is 1. The zero-order chi connectivity index (χ0) is 19.5. The fourth-order valence-electron chi connectivity index (χ4n) is 1.68. The number of methoxy groups -OCH3 is 1. The Morgan fingerprint density at radius 2 is 1.76 bits per heavy atom. The minimum atomic E-state index is -4.41. The number of halogens is 4. The van der Waals surface area contributed by atoms with Crippen molar-refractivity contribution in [1.82, 2.24) is 4.72 Å². The Hall–Kier alpha value is -1.74. The van der Waals surface area contributed by atoms with Gasteiger partial charge in [-0.15, -0.1) is 0 Å². The van der Waals surface area contributed by atoms with Crippen molar-refractivity contribution in [2.45, 2.75) is 37.2 Å². The summed E-state index contributed by atoms with van der Waals surface area (Å²) in [6, 6.07) is 3.96. The van der Waals surface area contributed by atoms with E-state index in [1.54, 1.807) is 4.72 Å². The predicted octanol–water partition coefficient (Wildman–Crippen LogP) is 3.36. The van der Waals surface area contributed by atoms with Gasteiger partial charge in [-0.05, 0) is 32.9 Å². The monoisotopic (exact) mass is 381 g/mol. The van der Waals surface area contributed by atoms with Gasteiger partial charge in [0.1, 0.15) is 16.8 Å². The summed E-state index contributed by atoms with van der Waals surface area (Å²) in [6.45, 7) is 4.29. The van der Waals surface area contributed by atoms with Crippen LogP contribution >= 0.6 is 0 Å². The van der Waals surface area contributed by atoms with E-state index in [0.29, 0.717) is 6.08 Å². The van der Waals surface area contributed by atoms with Crippen LogP contribution in [0.25, 0.3) is 0 Å². The number of carbonyl (C=O) groups is 1. The summed E-state index contributed by atoms with van der Waals surface area (Å²) >= 11 is 0. The first-order valence-corrected chi connectivity index (χ1v) is 8.29. The summed E-state index contributed by atoms with van der Waals surface area (Å²) in [4.78, 5) is 11.1. The van der Waals surface area contributed by atoms with Gasteiger partial charge >= 0.3 is 11.9 Å². The lowest BCUT2D eigenvalue weighted by Crippen LogP contribution is -2.55. The first-order valence-electron chi connectivity index (χ1n) is 7.14. The molecule has 0 heterocycles. The van der Waals surface area contributed by atoms with Gasteiger partial charge in [-0.3, -0.25) is 0 Å². The Bertz CT molecular complexity index is 688. The molecule has 0 saturated heterocycles. The summed E-state index contributed by atoms with van der Waals surface area (Å²) in [6.07, 6.45) is 0.259. The highest BCUT2D eigenvalue weighted by molar-refractivity contribution is 7.84. The molecular weight excluding hydrogens is 362 g/mol. The van der Waals surface area contributed by atoms with Crippen LogP contribution in [-0.4, -0.2) is 28.0 Å². The second kappa shape index (κ2) is 7.65. The molecule has 0 aromatic heterocycles. The number of alkyl halides is 3. The normalized spacial score (nSPS) is 16.5. The lowest BCUT2D eigenvalue weighted by molar-refractivity contribution is -0.136. The molecule has 0 aliphatic carbocycles. The number of esters is 1. The summed E-state index contributed by atoms with van der Waals surface area (Å²) in [5.41, 5.74) is -1.04. The third-order valence-corrected chi connectivity index (χ3v) is 4.70. The van der Waals surface area contributed by atoms with Crippen molar-refractivity contribution >= 4 is 17.0 Å². The van der Waals surface area contributed by atoms with E-state index in [9.17, 15) is 22.2 Å². The first-order chi connectivity index (χ1) is 11.3. The standard InChI is InChI=1S/C16H19F4NO3S/c1-14(2,3)25(23)21-16(20,11-7-5-6-8-12(11)17)15(18,19)10-9-13(22)24-4/h5-10,21H,1-4H3/b10-9+/t16-,25-/m1/s1. The zero-order valence-corrected chi connectivity index (χ0v) is 14.9. The van der Waals surface area contributed by atoms with Crippen molar-refractivity contribution in [3.05, 3.63) is 47.8 Å². The number of benzene rings is 1. The Morgan fingerprint density at radius 1 is 1.20 bits per heavy atom. The highest BCUT2D eigenvalue weighted by Crippen LogP contribution is 2.42. The average molecular weight is 381 g/mol. The van der Waals surface area contributed by atoms with E-state index in [1.165, 1.54) is 26.8 Å². The first kappa shape index (κ1) is 21.3. The fraction of sp³-hybridized carbons (Fsp3) is 0.438. The fourth-order valence-corrected chi connectivity index (χ4v) is 2.49. The zero-order valence-electron chi connectivity index (χ0n) is 14.1. The molecule has 9 heteroatoms. The molecule has 2 atom stereocenters. The Labute approximate surface area is 145 Å². The van der Waals surface area contributed by atoms with E-state index in [4.69, 9.17) is 0 Å². The van der Waals surface area contributed by atoms with Crippen LogP contribution in [0.2, 0.25) is 0 Å². The number of hydrogen-bond donors (Lipinski definition) is 1. The molecule has 1 aromatic carbocycles. The topological polar surface area (TPSA) is 55.4 Å². The van der Waals surface area contributed by atoms with Crippen molar-refractivity contribution in [1.29, 1.82) is 0 Å². The van der Waals surface area contributed by atoms with Crippen molar-refractivity contribution in [2.75, 3.05) is 7.11 Å². The summed E-state index contributed by atoms with van der Waals surface area (Å²) in [5.74, 6) is -10.7. The van der Waals surface area contributed by atoms with Gasteiger partial charge in [-0.2, -0.15) is 13.5 Å². The number of hydrogen-bond acceptors (Lipinski definition) is 3. The third kappa shape index (κ3) is 4.88. The quantitative estimate of drug-likeness (QED) is 0.356. The smallest absolute Gasteiger partial charge is 0.330 e. The van der Waals surface area contributed by atoms with Gasteiger partial charge in [-0.25, -0.2) is 17.8 Å². The minimum absolute atomic E-state index is 0.0574. The predicted molar refractivity (Wildman–Crippen MR) is 86.3 cm³/mol. The van der Waals surface area contributed by atoms with E-state index < -0.39 is 44.8 Å². The van der Waals surface area contributed by atoms with Crippen LogP contribution in [0.5, 0.6) is 0 Å². The van der Waals surface area contributed by atoms with E-state index in [1.807, 2.05) is 0 Å². The highest BCUT2D eigenvalue weighted by atomic mass is 32.2. The molecule has 0 saturated carbocycles. The Kier molecular flexibility index (Phi) is 6.52. The number of rotatable bonds is 6. The Balaban J connectivity index is 3.47.